The van der Waals surface area contributed by atoms with Gasteiger partial charge in [0.15, 0.2) is 0 Å². The lowest BCUT2D eigenvalue weighted by atomic mass is 10.0. The molecular weight excluding hydrogens is 212 g/mol. The monoisotopic (exact) mass is 234 g/mol. The molecule has 0 saturated heterocycles. The Hall–Kier alpha value is -1.35. The number of nitrogens with one attached hydrogen (secondary N) is 1. The zero-order valence-electron chi connectivity index (χ0n) is 11.4. The third kappa shape index (κ3) is 5.00. The fraction of sp³-hybridized carbons (Fsp3) is 0.500. The molecule has 0 fully saturated rings. The minimum atomic E-state index is -0.164. The number of methoxy groups -OCH3 is 1. The number of aryl methyl sites for hydroxylation is 1. The number of anilines is 1. The molecule has 0 radical (unpaired) electrons. The van der Waals surface area contributed by atoms with Crippen LogP contribution in [0.5, 0.6) is 0 Å². The smallest absolute Gasteiger partial charge is 0.0675 e. The van der Waals surface area contributed by atoms with Crippen molar-refractivity contribution < 1.29 is 4.74 Å². The van der Waals surface area contributed by atoms with Crippen molar-refractivity contribution in [3.63, 3.8) is 0 Å². The Morgan fingerprint density at radius 2 is 1.88 bits per heavy atom. The maximum atomic E-state index is 5.37. The van der Waals surface area contributed by atoms with Crippen LogP contribution >= 0.6 is 0 Å². The first-order valence-electron chi connectivity index (χ1n) is 5.84. The zero-order valence-corrected chi connectivity index (χ0v) is 11.4. The Labute approximate surface area is 104 Å². The SMILES string of the molecule is COC(C)(C)C/C(C)=N/Nc1ccc(C)cc1. The summed E-state index contributed by atoms with van der Waals surface area (Å²) in [5.41, 5.74) is 6.16. The molecule has 0 spiro atoms. The van der Waals surface area contributed by atoms with Crippen LogP contribution < -0.4 is 5.43 Å². The van der Waals surface area contributed by atoms with Gasteiger partial charge in [0.2, 0.25) is 0 Å². The molecule has 0 heterocycles. The number of hydrogen-bond acceptors (Lipinski definition) is 3. The Morgan fingerprint density at radius 3 is 2.41 bits per heavy atom. The predicted molar refractivity (Wildman–Crippen MR) is 73.6 cm³/mol. The molecule has 1 N–H and O–H groups in total. The Kier molecular flexibility index (Phi) is 4.70. The van der Waals surface area contributed by atoms with Crippen LogP contribution in [0.3, 0.4) is 0 Å². The molecule has 3 heteroatoms. The van der Waals surface area contributed by atoms with E-state index in [0.717, 1.165) is 17.8 Å². The number of hydrogen-bond donors (Lipinski definition) is 1. The van der Waals surface area contributed by atoms with Gasteiger partial charge in [-0.05, 0) is 39.8 Å². The number of rotatable bonds is 5. The van der Waals surface area contributed by atoms with E-state index in [0.29, 0.717) is 0 Å². The molecule has 0 amide bonds. The summed E-state index contributed by atoms with van der Waals surface area (Å²) < 4.78 is 5.37. The van der Waals surface area contributed by atoms with Gasteiger partial charge in [0.05, 0.1) is 11.3 Å². The van der Waals surface area contributed by atoms with E-state index in [2.05, 4.69) is 43.4 Å². The maximum absolute atomic E-state index is 5.37. The van der Waals surface area contributed by atoms with Crippen LogP contribution in [-0.2, 0) is 4.74 Å². The van der Waals surface area contributed by atoms with Crippen molar-refractivity contribution in [2.24, 2.45) is 5.10 Å². The van der Waals surface area contributed by atoms with E-state index in [1.54, 1.807) is 7.11 Å². The second-order valence-electron chi connectivity index (χ2n) is 4.97. The lowest BCUT2D eigenvalue weighted by molar-refractivity contribution is 0.0291. The van der Waals surface area contributed by atoms with Crippen LogP contribution in [0.1, 0.15) is 32.8 Å². The van der Waals surface area contributed by atoms with E-state index in [1.165, 1.54) is 5.56 Å². The molecule has 0 atom stereocenters. The molecule has 0 saturated carbocycles. The Balaban J connectivity index is 2.56. The summed E-state index contributed by atoms with van der Waals surface area (Å²) in [6.07, 6.45) is 0.808. The van der Waals surface area contributed by atoms with Gasteiger partial charge in [-0.25, -0.2) is 0 Å². The van der Waals surface area contributed by atoms with Crippen LogP contribution in [0, 0.1) is 6.92 Å². The van der Waals surface area contributed by atoms with Gasteiger partial charge in [0.25, 0.3) is 0 Å². The summed E-state index contributed by atoms with van der Waals surface area (Å²) in [7, 11) is 1.72. The summed E-state index contributed by atoms with van der Waals surface area (Å²) in [5, 5.41) is 4.34. The third-order valence-corrected chi connectivity index (χ3v) is 2.66. The highest BCUT2D eigenvalue weighted by atomic mass is 16.5. The summed E-state index contributed by atoms with van der Waals surface area (Å²) in [4.78, 5) is 0. The van der Waals surface area contributed by atoms with Crippen molar-refractivity contribution in [3.05, 3.63) is 29.8 Å². The zero-order chi connectivity index (χ0) is 12.9. The molecule has 94 valence electrons. The molecule has 0 bridgehead atoms. The van der Waals surface area contributed by atoms with E-state index < -0.39 is 0 Å². The van der Waals surface area contributed by atoms with E-state index in [-0.39, 0.29) is 5.60 Å². The van der Waals surface area contributed by atoms with Crippen molar-refractivity contribution >= 4 is 11.4 Å². The lowest BCUT2D eigenvalue weighted by Crippen LogP contribution is -2.25. The fourth-order valence-corrected chi connectivity index (χ4v) is 1.52. The lowest BCUT2D eigenvalue weighted by Gasteiger charge is -2.22. The van der Waals surface area contributed by atoms with Gasteiger partial charge in [0, 0.05) is 19.2 Å². The Morgan fingerprint density at radius 1 is 1.29 bits per heavy atom. The van der Waals surface area contributed by atoms with Gasteiger partial charge < -0.3 is 4.74 Å². The van der Waals surface area contributed by atoms with Crippen LogP contribution in [0.25, 0.3) is 0 Å². The van der Waals surface area contributed by atoms with E-state index in [1.807, 2.05) is 19.1 Å². The number of ether oxygens (including phenoxy) is 1. The topological polar surface area (TPSA) is 33.6 Å². The first-order valence-corrected chi connectivity index (χ1v) is 5.84. The second kappa shape index (κ2) is 5.82. The number of hydrazone groups is 1. The van der Waals surface area contributed by atoms with Crippen LogP contribution in [0.15, 0.2) is 29.4 Å². The highest BCUT2D eigenvalue weighted by Crippen LogP contribution is 2.14. The molecule has 17 heavy (non-hydrogen) atoms. The quantitative estimate of drug-likeness (QED) is 0.624. The molecular formula is C14H22N2O. The van der Waals surface area contributed by atoms with Crippen LogP contribution in [0.4, 0.5) is 5.69 Å². The first-order chi connectivity index (χ1) is 7.93. The largest absolute Gasteiger partial charge is 0.378 e. The predicted octanol–water partition coefficient (Wildman–Crippen LogP) is 3.60. The van der Waals surface area contributed by atoms with Crippen LogP contribution in [0.2, 0.25) is 0 Å². The molecule has 0 aliphatic carbocycles. The summed E-state index contributed by atoms with van der Waals surface area (Å²) >= 11 is 0. The fourth-order valence-electron chi connectivity index (χ4n) is 1.52. The minimum Gasteiger partial charge on any atom is -0.378 e. The van der Waals surface area contributed by atoms with Crippen molar-refractivity contribution in [1.82, 2.24) is 0 Å². The molecule has 0 aliphatic rings. The van der Waals surface area contributed by atoms with Gasteiger partial charge in [-0.1, -0.05) is 17.7 Å². The van der Waals surface area contributed by atoms with Crippen LogP contribution in [-0.4, -0.2) is 18.4 Å². The van der Waals surface area contributed by atoms with E-state index in [4.69, 9.17) is 4.74 Å². The maximum Gasteiger partial charge on any atom is 0.0675 e. The van der Waals surface area contributed by atoms with Gasteiger partial charge >= 0.3 is 0 Å². The highest BCUT2D eigenvalue weighted by Gasteiger charge is 2.17. The average Bonchev–Trinajstić information content (AvgIpc) is 2.28. The molecule has 1 aromatic carbocycles. The minimum absolute atomic E-state index is 0.164. The van der Waals surface area contributed by atoms with Crippen molar-refractivity contribution in [2.75, 3.05) is 12.5 Å². The highest BCUT2D eigenvalue weighted by molar-refractivity contribution is 5.83. The summed E-state index contributed by atoms with van der Waals surface area (Å²) in [5.74, 6) is 0. The normalized spacial score (nSPS) is 12.6. The van der Waals surface area contributed by atoms with Gasteiger partial charge in [-0.3, -0.25) is 5.43 Å². The summed E-state index contributed by atoms with van der Waals surface area (Å²) in [6, 6.07) is 8.17. The van der Waals surface area contributed by atoms with Crippen molar-refractivity contribution in [2.45, 2.75) is 39.7 Å². The second-order valence-corrected chi connectivity index (χ2v) is 4.97. The number of nitrogens with zero attached hydrogens (tertiary/aromatic N) is 1. The van der Waals surface area contributed by atoms with Crippen molar-refractivity contribution in [3.8, 4) is 0 Å². The van der Waals surface area contributed by atoms with Gasteiger partial charge in [-0.2, -0.15) is 5.10 Å². The molecule has 1 aromatic rings. The van der Waals surface area contributed by atoms with E-state index in [9.17, 15) is 0 Å². The standard InChI is InChI=1S/C14H22N2O/c1-11-6-8-13(9-7-11)16-15-12(2)10-14(3,4)17-5/h6-9,16H,10H2,1-5H3/b15-12+. The van der Waals surface area contributed by atoms with Crippen molar-refractivity contribution in [1.29, 1.82) is 0 Å². The molecule has 0 aromatic heterocycles. The third-order valence-electron chi connectivity index (χ3n) is 2.66. The molecule has 3 nitrogen and oxygen atoms in total. The molecule has 0 aliphatic heterocycles. The first kappa shape index (κ1) is 13.7. The summed E-state index contributed by atoms with van der Waals surface area (Å²) in [6.45, 7) is 8.18. The number of benzene rings is 1. The van der Waals surface area contributed by atoms with Gasteiger partial charge in [-0.15, -0.1) is 0 Å². The average molecular weight is 234 g/mol. The van der Waals surface area contributed by atoms with Gasteiger partial charge in [0.1, 0.15) is 0 Å². The van der Waals surface area contributed by atoms with E-state index >= 15 is 0 Å². The Bertz CT molecular complexity index is 380. The molecule has 1 rings (SSSR count). The molecule has 0 unspecified atom stereocenters.